The van der Waals surface area contributed by atoms with E-state index < -0.39 is 17.9 Å². The van der Waals surface area contributed by atoms with E-state index in [2.05, 4.69) is 5.32 Å². The van der Waals surface area contributed by atoms with Gasteiger partial charge in [0.05, 0.1) is 4.88 Å². The number of imide groups is 1. The first-order valence-corrected chi connectivity index (χ1v) is 6.22. The quantitative estimate of drug-likeness (QED) is 0.707. The van der Waals surface area contributed by atoms with Crippen molar-refractivity contribution in [3.8, 4) is 0 Å². The van der Waals surface area contributed by atoms with Crippen molar-refractivity contribution < 1.29 is 14.4 Å². The highest BCUT2D eigenvalue weighted by atomic mass is 32.1. The highest BCUT2D eigenvalue weighted by Crippen LogP contribution is 2.25. The number of carbonyl (C=O) groups excluding carboxylic acids is 3. The molecule has 6 nitrogen and oxygen atoms in total. The summed E-state index contributed by atoms with van der Waals surface area (Å²) in [5, 5.41) is 2.19. The highest BCUT2D eigenvalue weighted by Gasteiger charge is 2.34. The zero-order valence-electron chi connectivity index (χ0n) is 10.0. The van der Waals surface area contributed by atoms with E-state index in [0.717, 1.165) is 4.88 Å². The van der Waals surface area contributed by atoms with Crippen LogP contribution in [0.3, 0.4) is 0 Å². The summed E-state index contributed by atoms with van der Waals surface area (Å²) in [6.45, 7) is 3.29. The number of aryl methyl sites for hydroxylation is 1. The molecule has 0 aliphatic carbocycles. The van der Waals surface area contributed by atoms with Gasteiger partial charge in [0.15, 0.2) is 0 Å². The molecule has 0 saturated carbocycles. The molecule has 1 aromatic rings. The lowest BCUT2D eigenvalue weighted by atomic mass is 10.2. The van der Waals surface area contributed by atoms with Crippen LogP contribution in [0.25, 0.3) is 0 Å². The van der Waals surface area contributed by atoms with Crippen molar-refractivity contribution >= 4 is 34.7 Å². The maximum atomic E-state index is 12.2. The molecule has 7 heteroatoms. The highest BCUT2D eigenvalue weighted by molar-refractivity contribution is 7.14. The minimum absolute atomic E-state index is 0.109. The standard InChI is InChI=1S/C11H13N3O3S/c1-5-10(16)13-9(15)4-14(5)11(17)8-3-7(12)6(2)18-8/h3,5H,4,12H2,1-2H3,(H,13,15,16). The Labute approximate surface area is 108 Å². The second-order valence-electron chi connectivity index (χ2n) is 4.14. The van der Waals surface area contributed by atoms with E-state index in [1.165, 1.54) is 16.2 Å². The van der Waals surface area contributed by atoms with Gasteiger partial charge in [-0.2, -0.15) is 0 Å². The summed E-state index contributed by atoms with van der Waals surface area (Å²) >= 11 is 1.26. The van der Waals surface area contributed by atoms with Crippen molar-refractivity contribution in [2.75, 3.05) is 12.3 Å². The zero-order valence-corrected chi connectivity index (χ0v) is 10.8. The number of thiophene rings is 1. The van der Waals surface area contributed by atoms with Gasteiger partial charge in [0.25, 0.3) is 5.91 Å². The third-order valence-corrected chi connectivity index (χ3v) is 3.91. The van der Waals surface area contributed by atoms with E-state index in [0.29, 0.717) is 10.6 Å². The number of hydrogen-bond acceptors (Lipinski definition) is 5. The minimum atomic E-state index is -0.654. The number of amides is 3. The number of rotatable bonds is 1. The summed E-state index contributed by atoms with van der Waals surface area (Å²) < 4.78 is 0. The van der Waals surface area contributed by atoms with Gasteiger partial charge in [0, 0.05) is 10.6 Å². The molecule has 0 spiro atoms. The first-order valence-electron chi connectivity index (χ1n) is 5.40. The monoisotopic (exact) mass is 267 g/mol. The molecule has 1 atom stereocenters. The van der Waals surface area contributed by atoms with E-state index in [9.17, 15) is 14.4 Å². The number of carbonyl (C=O) groups is 3. The van der Waals surface area contributed by atoms with E-state index in [-0.39, 0.29) is 12.5 Å². The lowest BCUT2D eigenvalue weighted by Gasteiger charge is -2.31. The average molecular weight is 267 g/mol. The van der Waals surface area contributed by atoms with Gasteiger partial charge in [0.1, 0.15) is 12.6 Å². The van der Waals surface area contributed by atoms with Gasteiger partial charge in [-0.15, -0.1) is 11.3 Å². The predicted octanol–water partition coefficient (Wildman–Crippen LogP) is 0.126. The van der Waals surface area contributed by atoms with Crippen LogP contribution in [0.1, 0.15) is 21.5 Å². The molecule has 3 amide bonds. The summed E-state index contributed by atoms with van der Waals surface area (Å²) in [6, 6.07) is 0.922. The van der Waals surface area contributed by atoms with Crippen LogP contribution in [0.5, 0.6) is 0 Å². The minimum Gasteiger partial charge on any atom is -0.398 e. The first kappa shape index (κ1) is 12.6. The van der Waals surface area contributed by atoms with Crippen LogP contribution in [-0.4, -0.2) is 35.2 Å². The predicted molar refractivity (Wildman–Crippen MR) is 67.1 cm³/mol. The Bertz CT molecular complexity index is 518. The Morgan fingerprint density at radius 3 is 2.78 bits per heavy atom. The first-order chi connectivity index (χ1) is 8.40. The molecule has 0 bridgehead atoms. The maximum Gasteiger partial charge on any atom is 0.265 e. The second kappa shape index (κ2) is 4.41. The molecule has 2 heterocycles. The van der Waals surface area contributed by atoms with Gasteiger partial charge >= 0.3 is 0 Å². The van der Waals surface area contributed by atoms with Crippen LogP contribution in [0.2, 0.25) is 0 Å². The van der Waals surface area contributed by atoms with Crippen molar-refractivity contribution in [3.05, 3.63) is 15.8 Å². The third kappa shape index (κ3) is 2.08. The number of hydrogen-bond donors (Lipinski definition) is 2. The van der Waals surface area contributed by atoms with Crippen LogP contribution in [0.4, 0.5) is 5.69 Å². The third-order valence-electron chi connectivity index (χ3n) is 2.85. The van der Waals surface area contributed by atoms with Crippen LogP contribution >= 0.6 is 11.3 Å². The summed E-state index contributed by atoms with van der Waals surface area (Å²) in [4.78, 5) is 37.5. The molecular weight excluding hydrogens is 254 g/mol. The fraction of sp³-hybridized carbons (Fsp3) is 0.364. The van der Waals surface area contributed by atoms with Crippen LogP contribution in [0, 0.1) is 6.92 Å². The molecule has 1 aliphatic heterocycles. The molecule has 2 rings (SSSR count). The fourth-order valence-corrected chi connectivity index (χ4v) is 2.60. The molecule has 96 valence electrons. The van der Waals surface area contributed by atoms with Gasteiger partial charge in [0.2, 0.25) is 11.8 Å². The topological polar surface area (TPSA) is 92.5 Å². The molecule has 0 aromatic carbocycles. The SMILES string of the molecule is Cc1sc(C(=O)N2CC(=O)NC(=O)C2C)cc1N. The summed E-state index contributed by atoms with van der Waals surface area (Å²) in [5.41, 5.74) is 6.24. The second-order valence-corrected chi connectivity index (χ2v) is 5.40. The van der Waals surface area contributed by atoms with Gasteiger partial charge in [-0.25, -0.2) is 0 Å². The zero-order chi connectivity index (χ0) is 13.4. The summed E-state index contributed by atoms with van der Waals surface area (Å²) in [5.74, 6) is -1.26. The van der Waals surface area contributed by atoms with Crippen molar-refractivity contribution in [1.82, 2.24) is 10.2 Å². The maximum absolute atomic E-state index is 12.2. The van der Waals surface area contributed by atoms with Crippen LogP contribution in [0.15, 0.2) is 6.07 Å². The lowest BCUT2D eigenvalue weighted by molar-refractivity contribution is -0.138. The molecule has 18 heavy (non-hydrogen) atoms. The lowest BCUT2D eigenvalue weighted by Crippen LogP contribution is -2.58. The van der Waals surface area contributed by atoms with Crippen molar-refractivity contribution in [1.29, 1.82) is 0 Å². The molecular formula is C11H13N3O3S. The van der Waals surface area contributed by atoms with E-state index in [1.54, 1.807) is 13.0 Å². The molecule has 1 fully saturated rings. The molecule has 1 unspecified atom stereocenters. The number of anilines is 1. The Balaban J connectivity index is 2.27. The number of nitrogens with one attached hydrogen (secondary N) is 1. The van der Waals surface area contributed by atoms with Gasteiger partial charge in [-0.3, -0.25) is 19.7 Å². The number of piperazine rings is 1. The van der Waals surface area contributed by atoms with Gasteiger partial charge < -0.3 is 10.6 Å². The average Bonchev–Trinajstić information content (AvgIpc) is 2.63. The Morgan fingerprint density at radius 1 is 1.56 bits per heavy atom. The van der Waals surface area contributed by atoms with E-state index in [4.69, 9.17) is 5.73 Å². The normalized spacial score (nSPS) is 19.9. The Morgan fingerprint density at radius 2 is 2.22 bits per heavy atom. The van der Waals surface area contributed by atoms with Gasteiger partial charge in [-0.05, 0) is 19.9 Å². The van der Waals surface area contributed by atoms with E-state index in [1.807, 2.05) is 6.92 Å². The molecule has 1 aliphatic rings. The van der Waals surface area contributed by atoms with Crippen molar-refractivity contribution in [2.45, 2.75) is 19.9 Å². The van der Waals surface area contributed by atoms with Gasteiger partial charge in [-0.1, -0.05) is 0 Å². The number of nitrogens with zero attached hydrogens (tertiary/aromatic N) is 1. The van der Waals surface area contributed by atoms with E-state index >= 15 is 0 Å². The molecule has 3 N–H and O–H groups in total. The summed E-state index contributed by atoms with van der Waals surface area (Å²) in [7, 11) is 0. The van der Waals surface area contributed by atoms with Crippen molar-refractivity contribution in [3.63, 3.8) is 0 Å². The smallest absolute Gasteiger partial charge is 0.265 e. The van der Waals surface area contributed by atoms with Crippen LogP contribution < -0.4 is 11.1 Å². The summed E-state index contributed by atoms with van der Waals surface area (Å²) in [6.07, 6.45) is 0. The Hall–Kier alpha value is -1.89. The fourth-order valence-electron chi connectivity index (χ4n) is 1.71. The molecule has 1 aromatic heterocycles. The van der Waals surface area contributed by atoms with Crippen LogP contribution in [-0.2, 0) is 9.59 Å². The number of nitrogen functional groups attached to an aromatic ring is 1. The van der Waals surface area contributed by atoms with Crippen molar-refractivity contribution in [2.24, 2.45) is 0 Å². The largest absolute Gasteiger partial charge is 0.398 e. The Kier molecular flexibility index (Phi) is 3.08. The molecule has 1 saturated heterocycles. The molecule has 0 radical (unpaired) electrons. The number of nitrogens with two attached hydrogens (primary N) is 1.